The Hall–Kier alpha value is -1.55. The van der Waals surface area contributed by atoms with E-state index in [0.29, 0.717) is 19.6 Å². The maximum Gasteiger partial charge on any atom is 0.222 e. The lowest BCUT2D eigenvalue weighted by molar-refractivity contribution is -0.122. The maximum atomic E-state index is 11.3. The van der Waals surface area contributed by atoms with Crippen LogP contribution < -0.4 is 10.1 Å². The Balaban J connectivity index is 2.33. The van der Waals surface area contributed by atoms with E-state index in [4.69, 9.17) is 9.47 Å². The quantitative estimate of drug-likeness (QED) is 0.791. The van der Waals surface area contributed by atoms with Crippen LogP contribution in [-0.2, 0) is 16.1 Å². The lowest BCUT2D eigenvalue weighted by Crippen LogP contribution is -2.23. The number of methoxy groups -OCH3 is 2. The van der Waals surface area contributed by atoms with Gasteiger partial charge in [0.2, 0.25) is 5.91 Å². The van der Waals surface area contributed by atoms with Gasteiger partial charge in [-0.3, -0.25) is 4.79 Å². The molecule has 0 bridgehead atoms. The van der Waals surface area contributed by atoms with Crippen molar-refractivity contribution in [1.82, 2.24) is 5.32 Å². The highest BCUT2D eigenvalue weighted by atomic mass is 16.5. The summed E-state index contributed by atoms with van der Waals surface area (Å²) in [5.41, 5.74) is 1.05. The van der Waals surface area contributed by atoms with E-state index in [2.05, 4.69) is 5.32 Å². The Kier molecular flexibility index (Phi) is 5.36. The molecule has 1 N–H and O–H groups in total. The molecular weight excluding hydrogens is 206 g/mol. The topological polar surface area (TPSA) is 47.6 Å². The molecule has 0 saturated heterocycles. The van der Waals surface area contributed by atoms with Crippen molar-refractivity contribution in [3.63, 3.8) is 0 Å². The normalized spacial score (nSPS) is 9.88. The lowest BCUT2D eigenvalue weighted by Gasteiger charge is -2.05. The van der Waals surface area contributed by atoms with Gasteiger partial charge in [0.15, 0.2) is 0 Å². The Bertz CT molecular complexity index is 322. The second kappa shape index (κ2) is 6.85. The van der Waals surface area contributed by atoms with Gasteiger partial charge in [-0.15, -0.1) is 0 Å². The van der Waals surface area contributed by atoms with Crippen LogP contribution >= 0.6 is 0 Å². The summed E-state index contributed by atoms with van der Waals surface area (Å²) in [5.74, 6) is 0.812. The zero-order valence-electron chi connectivity index (χ0n) is 9.66. The smallest absolute Gasteiger partial charge is 0.222 e. The molecule has 0 unspecified atom stereocenters. The van der Waals surface area contributed by atoms with Crippen LogP contribution in [0.5, 0.6) is 5.75 Å². The minimum Gasteiger partial charge on any atom is -0.497 e. The van der Waals surface area contributed by atoms with E-state index in [1.54, 1.807) is 14.2 Å². The molecule has 0 spiro atoms. The van der Waals surface area contributed by atoms with Gasteiger partial charge in [0.25, 0.3) is 0 Å². The molecule has 1 rings (SSSR count). The van der Waals surface area contributed by atoms with Crippen molar-refractivity contribution in [1.29, 1.82) is 0 Å². The molecule has 4 heteroatoms. The van der Waals surface area contributed by atoms with Crippen molar-refractivity contribution in [2.45, 2.75) is 13.0 Å². The van der Waals surface area contributed by atoms with Gasteiger partial charge in [-0.2, -0.15) is 0 Å². The van der Waals surface area contributed by atoms with E-state index >= 15 is 0 Å². The molecular formula is C12H17NO3. The van der Waals surface area contributed by atoms with Crippen molar-refractivity contribution in [2.24, 2.45) is 0 Å². The molecule has 0 radical (unpaired) electrons. The van der Waals surface area contributed by atoms with Crippen molar-refractivity contribution in [3.8, 4) is 5.75 Å². The highest BCUT2D eigenvalue weighted by molar-refractivity contribution is 5.75. The number of hydrogen-bond acceptors (Lipinski definition) is 3. The Morgan fingerprint density at radius 1 is 1.25 bits per heavy atom. The fourth-order valence-corrected chi connectivity index (χ4v) is 1.23. The van der Waals surface area contributed by atoms with Crippen molar-refractivity contribution < 1.29 is 14.3 Å². The minimum absolute atomic E-state index is 0.00216. The first kappa shape index (κ1) is 12.5. The van der Waals surface area contributed by atoms with E-state index in [1.807, 2.05) is 24.3 Å². The van der Waals surface area contributed by atoms with Gasteiger partial charge in [0, 0.05) is 20.1 Å². The second-order valence-electron chi connectivity index (χ2n) is 3.37. The monoisotopic (exact) mass is 223 g/mol. The largest absolute Gasteiger partial charge is 0.497 e. The van der Waals surface area contributed by atoms with E-state index in [9.17, 15) is 4.79 Å². The Morgan fingerprint density at radius 3 is 2.50 bits per heavy atom. The number of carbonyl (C=O) groups excluding carboxylic acids is 1. The van der Waals surface area contributed by atoms with Crippen LogP contribution in [-0.4, -0.2) is 26.7 Å². The molecule has 4 nitrogen and oxygen atoms in total. The molecule has 0 saturated carbocycles. The average molecular weight is 223 g/mol. The number of nitrogens with one attached hydrogen (secondary N) is 1. The summed E-state index contributed by atoms with van der Waals surface area (Å²) in [6.07, 6.45) is 0.395. The summed E-state index contributed by atoms with van der Waals surface area (Å²) in [7, 11) is 3.21. The molecule has 1 aromatic carbocycles. The lowest BCUT2D eigenvalue weighted by atomic mass is 10.2. The molecule has 0 heterocycles. The molecule has 0 aliphatic carbocycles. The maximum absolute atomic E-state index is 11.3. The second-order valence-corrected chi connectivity index (χ2v) is 3.37. The zero-order chi connectivity index (χ0) is 11.8. The predicted octanol–water partition coefficient (Wildman–Crippen LogP) is 1.35. The van der Waals surface area contributed by atoms with E-state index in [1.165, 1.54) is 0 Å². The van der Waals surface area contributed by atoms with Gasteiger partial charge in [-0.25, -0.2) is 0 Å². The highest BCUT2D eigenvalue weighted by Crippen LogP contribution is 2.10. The van der Waals surface area contributed by atoms with Gasteiger partial charge in [0.05, 0.1) is 13.7 Å². The first-order valence-corrected chi connectivity index (χ1v) is 5.15. The highest BCUT2D eigenvalue weighted by Gasteiger charge is 2.00. The van der Waals surface area contributed by atoms with Crippen LogP contribution in [0, 0.1) is 0 Å². The third-order valence-electron chi connectivity index (χ3n) is 2.18. The molecule has 16 heavy (non-hydrogen) atoms. The molecule has 1 aromatic rings. The molecule has 1 amide bonds. The number of ether oxygens (including phenoxy) is 2. The fraction of sp³-hybridized carbons (Fsp3) is 0.417. The van der Waals surface area contributed by atoms with Crippen LogP contribution in [0.2, 0.25) is 0 Å². The molecule has 0 fully saturated rings. The molecule has 0 aliphatic rings. The van der Waals surface area contributed by atoms with Gasteiger partial charge >= 0.3 is 0 Å². The van der Waals surface area contributed by atoms with Gasteiger partial charge in [-0.1, -0.05) is 12.1 Å². The minimum atomic E-state index is -0.00216. The molecule has 88 valence electrons. The van der Waals surface area contributed by atoms with Crippen molar-refractivity contribution >= 4 is 5.91 Å². The third-order valence-corrected chi connectivity index (χ3v) is 2.18. The summed E-state index contributed by atoms with van der Waals surface area (Å²) in [5, 5.41) is 2.81. The number of hydrogen-bond donors (Lipinski definition) is 1. The summed E-state index contributed by atoms with van der Waals surface area (Å²) in [6, 6.07) is 7.60. The third kappa shape index (κ3) is 4.31. The van der Waals surface area contributed by atoms with Gasteiger partial charge < -0.3 is 14.8 Å². The van der Waals surface area contributed by atoms with Crippen LogP contribution in [0.15, 0.2) is 24.3 Å². The van der Waals surface area contributed by atoms with Gasteiger partial charge in [-0.05, 0) is 17.7 Å². The SMILES string of the molecule is COCCC(=O)NCc1ccc(OC)cc1. The summed E-state index contributed by atoms with van der Waals surface area (Å²) < 4.78 is 9.86. The van der Waals surface area contributed by atoms with Crippen molar-refractivity contribution in [3.05, 3.63) is 29.8 Å². The first-order chi connectivity index (χ1) is 7.76. The Labute approximate surface area is 95.6 Å². The average Bonchev–Trinajstić information content (AvgIpc) is 2.34. The van der Waals surface area contributed by atoms with E-state index < -0.39 is 0 Å². The van der Waals surface area contributed by atoms with E-state index in [-0.39, 0.29) is 5.91 Å². The first-order valence-electron chi connectivity index (χ1n) is 5.15. The van der Waals surface area contributed by atoms with Crippen molar-refractivity contribution in [2.75, 3.05) is 20.8 Å². The summed E-state index contributed by atoms with van der Waals surface area (Å²) >= 11 is 0. The molecule has 0 aromatic heterocycles. The van der Waals surface area contributed by atoms with Crippen LogP contribution in [0.1, 0.15) is 12.0 Å². The van der Waals surface area contributed by atoms with Crippen LogP contribution in [0.4, 0.5) is 0 Å². The molecule has 0 atom stereocenters. The molecule has 0 aliphatic heterocycles. The van der Waals surface area contributed by atoms with E-state index in [0.717, 1.165) is 11.3 Å². The summed E-state index contributed by atoms with van der Waals surface area (Å²) in [4.78, 5) is 11.3. The number of amides is 1. The fourth-order valence-electron chi connectivity index (χ4n) is 1.23. The predicted molar refractivity (Wildman–Crippen MR) is 61.3 cm³/mol. The van der Waals surface area contributed by atoms with Crippen LogP contribution in [0.25, 0.3) is 0 Å². The number of benzene rings is 1. The summed E-state index contributed by atoms with van der Waals surface area (Å²) in [6.45, 7) is 0.987. The number of carbonyl (C=O) groups is 1. The standard InChI is InChI=1S/C12H17NO3/c1-15-8-7-12(14)13-9-10-3-5-11(16-2)6-4-10/h3-6H,7-9H2,1-2H3,(H,13,14). The zero-order valence-corrected chi connectivity index (χ0v) is 9.66. The van der Waals surface area contributed by atoms with Gasteiger partial charge in [0.1, 0.15) is 5.75 Å². The number of rotatable bonds is 6. The van der Waals surface area contributed by atoms with Crippen LogP contribution in [0.3, 0.4) is 0 Å². The Morgan fingerprint density at radius 2 is 1.94 bits per heavy atom.